The van der Waals surface area contributed by atoms with Gasteiger partial charge >= 0.3 is 0 Å². The minimum atomic E-state index is -0.215. The van der Waals surface area contributed by atoms with Gasteiger partial charge in [-0.1, -0.05) is 11.6 Å². The molecule has 1 unspecified atom stereocenters. The Bertz CT molecular complexity index is 531. The molecule has 0 bridgehead atoms. The number of morpholine rings is 1. The molecule has 22 heavy (non-hydrogen) atoms. The number of carbonyl (C=O) groups is 2. The highest BCUT2D eigenvalue weighted by Gasteiger charge is 2.18. The van der Waals surface area contributed by atoms with Gasteiger partial charge in [0, 0.05) is 26.1 Å². The molecule has 0 aromatic heterocycles. The van der Waals surface area contributed by atoms with Gasteiger partial charge in [-0.25, -0.2) is 0 Å². The summed E-state index contributed by atoms with van der Waals surface area (Å²) in [6.07, 6.45) is 0.320. The minimum absolute atomic E-state index is 0. The first-order chi connectivity index (χ1) is 10.1. The van der Waals surface area contributed by atoms with Crippen molar-refractivity contribution in [3.63, 3.8) is 0 Å². The fourth-order valence-corrected chi connectivity index (χ4v) is 2.27. The maximum Gasteiger partial charge on any atom is 0.253 e. The molecule has 0 spiro atoms. The van der Waals surface area contributed by atoms with E-state index in [-0.39, 0.29) is 30.3 Å². The second kappa shape index (κ2) is 8.73. The van der Waals surface area contributed by atoms with E-state index in [1.165, 1.54) is 0 Å². The van der Waals surface area contributed by atoms with Crippen molar-refractivity contribution in [3.05, 3.63) is 29.3 Å². The fourth-order valence-electron chi connectivity index (χ4n) is 2.27. The van der Waals surface area contributed by atoms with E-state index in [4.69, 9.17) is 4.74 Å². The third-order valence-corrected chi connectivity index (χ3v) is 3.35. The number of amides is 2. The van der Waals surface area contributed by atoms with Gasteiger partial charge in [-0.05, 0) is 19.1 Å². The lowest BCUT2D eigenvalue weighted by molar-refractivity contribution is -0.117. The first kappa shape index (κ1) is 18.4. The largest absolute Gasteiger partial charge is 0.378 e. The van der Waals surface area contributed by atoms with E-state index < -0.39 is 0 Å². The molecular weight excluding hydrogens is 306 g/mol. The van der Waals surface area contributed by atoms with Crippen molar-refractivity contribution >= 4 is 29.9 Å². The van der Waals surface area contributed by atoms with Crippen molar-refractivity contribution in [3.8, 4) is 0 Å². The molecule has 6 nitrogen and oxygen atoms in total. The van der Waals surface area contributed by atoms with Crippen LogP contribution in [0.1, 0.15) is 22.3 Å². The van der Waals surface area contributed by atoms with E-state index >= 15 is 0 Å². The summed E-state index contributed by atoms with van der Waals surface area (Å²) in [6.45, 7) is 3.87. The maximum atomic E-state index is 12.1. The molecule has 1 saturated heterocycles. The molecule has 2 amide bonds. The number of ether oxygens (including phenoxy) is 1. The van der Waals surface area contributed by atoms with Crippen molar-refractivity contribution in [2.75, 3.05) is 32.1 Å². The van der Waals surface area contributed by atoms with E-state index in [0.717, 1.165) is 12.1 Å². The highest BCUT2D eigenvalue weighted by Crippen LogP contribution is 2.18. The van der Waals surface area contributed by atoms with Crippen LogP contribution in [0.5, 0.6) is 0 Å². The molecule has 3 N–H and O–H groups in total. The minimum Gasteiger partial charge on any atom is -0.378 e. The molecule has 7 heteroatoms. The molecule has 0 aliphatic carbocycles. The Labute approximate surface area is 136 Å². The SMILES string of the molecule is CNC(=O)c1cc(C)ccc1NC(=O)CC1COCCN1.Cl. The topological polar surface area (TPSA) is 79.5 Å². The monoisotopic (exact) mass is 327 g/mol. The third kappa shape index (κ3) is 4.98. The van der Waals surface area contributed by atoms with Crippen molar-refractivity contribution in [1.82, 2.24) is 10.6 Å². The molecule has 1 aliphatic heterocycles. The smallest absolute Gasteiger partial charge is 0.253 e. The predicted molar refractivity (Wildman–Crippen MR) is 87.7 cm³/mol. The molecule has 1 fully saturated rings. The van der Waals surface area contributed by atoms with Crippen LogP contribution in [0.3, 0.4) is 0 Å². The van der Waals surface area contributed by atoms with Gasteiger partial charge in [0.2, 0.25) is 5.91 Å². The molecule has 122 valence electrons. The highest BCUT2D eigenvalue weighted by atomic mass is 35.5. The van der Waals surface area contributed by atoms with Crippen molar-refractivity contribution in [2.24, 2.45) is 0 Å². The normalized spacial score (nSPS) is 17.3. The number of anilines is 1. The number of carbonyl (C=O) groups excluding carboxylic acids is 2. The lowest BCUT2D eigenvalue weighted by Gasteiger charge is -2.23. The molecule has 1 aromatic carbocycles. The first-order valence-electron chi connectivity index (χ1n) is 7.04. The zero-order valence-electron chi connectivity index (χ0n) is 12.8. The van der Waals surface area contributed by atoms with Gasteiger partial charge in [0.25, 0.3) is 5.91 Å². The van der Waals surface area contributed by atoms with Crippen molar-refractivity contribution in [1.29, 1.82) is 0 Å². The molecule has 0 saturated carbocycles. The Morgan fingerprint density at radius 2 is 2.18 bits per heavy atom. The van der Waals surface area contributed by atoms with Crippen LogP contribution >= 0.6 is 12.4 Å². The zero-order valence-corrected chi connectivity index (χ0v) is 13.6. The van der Waals surface area contributed by atoms with Crippen LogP contribution in [0, 0.1) is 6.92 Å². The summed E-state index contributed by atoms with van der Waals surface area (Å²) in [7, 11) is 1.57. The van der Waals surface area contributed by atoms with Crippen LogP contribution in [0.15, 0.2) is 18.2 Å². The number of aryl methyl sites for hydroxylation is 1. The summed E-state index contributed by atoms with van der Waals surface area (Å²) < 4.78 is 5.32. The summed E-state index contributed by atoms with van der Waals surface area (Å²) in [5.74, 6) is -0.347. The number of benzene rings is 1. The summed E-state index contributed by atoms with van der Waals surface area (Å²) in [4.78, 5) is 24.0. The maximum absolute atomic E-state index is 12.1. The van der Waals surface area contributed by atoms with Gasteiger partial charge in [0.05, 0.1) is 24.5 Å². The highest BCUT2D eigenvalue weighted by molar-refractivity contribution is 6.03. The number of halogens is 1. The number of rotatable bonds is 4. The van der Waals surface area contributed by atoms with E-state index in [1.807, 2.05) is 13.0 Å². The molecule has 1 heterocycles. The van der Waals surface area contributed by atoms with E-state index in [0.29, 0.717) is 30.9 Å². The average Bonchev–Trinajstić information content (AvgIpc) is 2.49. The summed E-state index contributed by atoms with van der Waals surface area (Å²) in [5.41, 5.74) is 1.97. The van der Waals surface area contributed by atoms with Gasteiger partial charge < -0.3 is 20.7 Å². The Morgan fingerprint density at radius 1 is 1.41 bits per heavy atom. The van der Waals surface area contributed by atoms with E-state index in [2.05, 4.69) is 16.0 Å². The quantitative estimate of drug-likeness (QED) is 0.773. The van der Waals surface area contributed by atoms with Gasteiger partial charge in [0.1, 0.15) is 0 Å². The standard InChI is InChI=1S/C15H21N3O3.ClH/c1-10-3-4-13(12(7-10)15(20)16-2)18-14(19)8-11-9-21-6-5-17-11;/h3-4,7,11,17H,5-6,8-9H2,1-2H3,(H,16,20)(H,18,19);1H. The Balaban J connectivity index is 0.00000242. The second-order valence-electron chi connectivity index (χ2n) is 5.11. The van der Waals surface area contributed by atoms with Gasteiger partial charge in [-0.15, -0.1) is 12.4 Å². The molecule has 1 atom stereocenters. The van der Waals surface area contributed by atoms with Crippen LogP contribution < -0.4 is 16.0 Å². The van der Waals surface area contributed by atoms with E-state index in [9.17, 15) is 9.59 Å². The molecule has 2 rings (SSSR count). The van der Waals surface area contributed by atoms with Crippen LogP contribution in [0.4, 0.5) is 5.69 Å². The van der Waals surface area contributed by atoms with Crippen molar-refractivity contribution < 1.29 is 14.3 Å². The zero-order chi connectivity index (χ0) is 15.2. The molecular formula is C15H22ClN3O3. The number of hydrogen-bond donors (Lipinski definition) is 3. The predicted octanol–water partition coefficient (Wildman–Crippen LogP) is 1.09. The van der Waals surface area contributed by atoms with Gasteiger partial charge in [-0.2, -0.15) is 0 Å². The molecule has 1 aromatic rings. The first-order valence-corrected chi connectivity index (χ1v) is 7.04. The summed E-state index contributed by atoms with van der Waals surface area (Å²) >= 11 is 0. The Hall–Kier alpha value is -1.63. The average molecular weight is 328 g/mol. The third-order valence-electron chi connectivity index (χ3n) is 3.35. The van der Waals surface area contributed by atoms with Crippen LogP contribution in [0.25, 0.3) is 0 Å². The number of nitrogens with one attached hydrogen (secondary N) is 3. The van der Waals surface area contributed by atoms with Crippen LogP contribution in [0.2, 0.25) is 0 Å². The second-order valence-corrected chi connectivity index (χ2v) is 5.11. The fraction of sp³-hybridized carbons (Fsp3) is 0.467. The van der Waals surface area contributed by atoms with Crippen molar-refractivity contribution in [2.45, 2.75) is 19.4 Å². The molecule has 1 aliphatic rings. The Kier molecular flexibility index (Phi) is 7.31. The van der Waals surface area contributed by atoms with Gasteiger partial charge in [-0.3, -0.25) is 9.59 Å². The van der Waals surface area contributed by atoms with Crippen LogP contribution in [-0.4, -0.2) is 44.7 Å². The number of hydrogen-bond acceptors (Lipinski definition) is 4. The lowest BCUT2D eigenvalue weighted by Crippen LogP contribution is -2.43. The lowest BCUT2D eigenvalue weighted by atomic mass is 10.1. The van der Waals surface area contributed by atoms with Gasteiger partial charge in [0.15, 0.2) is 0 Å². The van der Waals surface area contributed by atoms with Crippen LogP contribution in [-0.2, 0) is 9.53 Å². The van der Waals surface area contributed by atoms with E-state index in [1.54, 1.807) is 19.2 Å². The Morgan fingerprint density at radius 3 is 2.82 bits per heavy atom. The summed E-state index contributed by atoms with van der Waals surface area (Å²) in [5, 5.41) is 8.61. The molecule has 0 radical (unpaired) electrons. The summed E-state index contributed by atoms with van der Waals surface area (Å²) in [6, 6.07) is 5.40.